The summed E-state index contributed by atoms with van der Waals surface area (Å²) in [7, 11) is 0. The van der Waals surface area contributed by atoms with Gasteiger partial charge in [-0.05, 0) is 12.8 Å². The molecule has 2 aromatic rings. The van der Waals surface area contributed by atoms with E-state index in [1.807, 2.05) is 41.3 Å². The first-order valence-corrected chi connectivity index (χ1v) is 9.30. The van der Waals surface area contributed by atoms with Gasteiger partial charge in [-0.1, -0.05) is 30.3 Å². The van der Waals surface area contributed by atoms with E-state index in [9.17, 15) is 4.79 Å². The van der Waals surface area contributed by atoms with Crippen LogP contribution >= 0.6 is 0 Å². The van der Waals surface area contributed by atoms with E-state index in [1.165, 1.54) is 0 Å². The fraction of sp³-hybridized carbons (Fsp3) is 0.450. The molecule has 0 bridgehead atoms. The van der Waals surface area contributed by atoms with Gasteiger partial charge in [-0.3, -0.25) is 4.79 Å². The lowest BCUT2D eigenvalue weighted by atomic mass is 9.96. The molecule has 1 aromatic carbocycles. The maximum absolute atomic E-state index is 12.8. The summed E-state index contributed by atoms with van der Waals surface area (Å²) in [5.41, 5.74) is 1.99. The average molecular weight is 352 g/mol. The highest BCUT2D eigenvalue weighted by Crippen LogP contribution is 2.26. The minimum atomic E-state index is 0.0389. The Hall–Kier alpha value is -2.47. The van der Waals surface area contributed by atoms with Crippen molar-refractivity contribution in [2.24, 2.45) is 5.92 Å². The molecule has 6 heteroatoms. The molecule has 0 spiro atoms. The lowest BCUT2D eigenvalue weighted by Gasteiger charge is -2.36. The minimum Gasteiger partial charge on any atom is -0.378 e. The number of aromatic nitrogens is 2. The van der Waals surface area contributed by atoms with E-state index in [2.05, 4.69) is 14.9 Å². The van der Waals surface area contributed by atoms with Crippen molar-refractivity contribution in [1.29, 1.82) is 0 Å². The molecule has 1 aromatic heterocycles. The number of carbonyl (C=O) groups excluding carboxylic acids is 1. The van der Waals surface area contributed by atoms with E-state index in [0.717, 1.165) is 43.0 Å². The summed E-state index contributed by atoms with van der Waals surface area (Å²) < 4.78 is 5.36. The highest BCUT2D eigenvalue weighted by molar-refractivity contribution is 5.80. The van der Waals surface area contributed by atoms with Crippen LogP contribution in [0, 0.1) is 5.92 Å². The third-order valence-corrected chi connectivity index (χ3v) is 5.14. The molecule has 136 valence electrons. The maximum atomic E-state index is 12.8. The molecular weight excluding hydrogens is 328 g/mol. The zero-order valence-corrected chi connectivity index (χ0v) is 14.9. The topological polar surface area (TPSA) is 58.6 Å². The van der Waals surface area contributed by atoms with Gasteiger partial charge in [0.05, 0.1) is 24.8 Å². The van der Waals surface area contributed by atoms with Crippen LogP contribution < -0.4 is 4.90 Å². The normalized spacial score (nSPS) is 20.8. The molecule has 1 atom stereocenters. The van der Waals surface area contributed by atoms with Gasteiger partial charge in [0.25, 0.3) is 0 Å². The van der Waals surface area contributed by atoms with Crippen LogP contribution in [-0.2, 0) is 9.53 Å². The highest BCUT2D eigenvalue weighted by atomic mass is 16.5. The number of carbonyl (C=O) groups is 1. The van der Waals surface area contributed by atoms with Gasteiger partial charge < -0.3 is 14.5 Å². The van der Waals surface area contributed by atoms with Gasteiger partial charge in [0.15, 0.2) is 0 Å². The lowest BCUT2D eigenvalue weighted by molar-refractivity contribution is -0.139. The van der Waals surface area contributed by atoms with Crippen molar-refractivity contribution < 1.29 is 9.53 Å². The SMILES string of the molecule is O=C(C1CCCN(c2cc(-c3ccccc3)ncn2)C1)N1CCOCC1. The molecule has 3 heterocycles. The molecule has 0 radical (unpaired) electrons. The second kappa shape index (κ2) is 7.83. The van der Waals surface area contributed by atoms with Crippen molar-refractivity contribution in [1.82, 2.24) is 14.9 Å². The van der Waals surface area contributed by atoms with Gasteiger partial charge in [0.2, 0.25) is 5.91 Å². The van der Waals surface area contributed by atoms with Crippen molar-refractivity contribution >= 4 is 11.7 Å². The standard InChI is InChI=1S/C20H24N4O2/c25-20(23-9-11-26-12-10-23)17-7-4-8-24(14-17)19-13-18(21-15-22-19)16-5-2-1-3-6-16/h1-3,5-6,13,15,17H,4,7-12,14H2. The van der Waals surface area contributed by atoms with Gasteiger partial charge in [-0.25, -0.2) is 9.97 Å². The predicted molar refractivity (Wildman–Crippen MR) is 99.8 cm³/mol. The molecule has 0 saturated carbocycles. The van der Waals surface area contributed by atoms with E-state index in [4.69, 9.17) is 4.74 Å². The highest BCUT2D eigenvalue weighted by Gasteiger charge is 2.30. The Morgan fingerprint density at radius 1 is 1.08 bits per heavy atom. The van der Waals surface area contributed by atoms with E-state index >= 15 is 0 Å². The molecule has 2 aliphatic heterocycles. The van der Waals surface area contributed by atoms with Crippen LogP contribution in [0.1, 0.15) is 12.8 Å². The smallest absolute Gasteiger partial charge is 0.227 e. The first-order chi connectivity index (χ1) is 12.8. The number of morpholine rings is 1. The molecular formula is C20H24N4O2. The van der Waals surface area contributed by atoms with E-state index in [0.29, 0.717) is 26.3 Å². The van der Waals surface area contributed by atoms with Crippen LogP contribution in [0.5, 0.6) is 0 Å². The second-order valence-corrected chi connectivity index (χ2v) is 6.85. The summed E-state index contributed by atoms with van der Waals surface area (Å²) in [5.74, 6) is 1.20. The monoisotopic (exact) mass is 352 g/mol. The number of hydrogen-bond acceptors (Lipinski definition) is 5. The van der Waals surface area contributed by atoms with Crippen LogP contribution in [0.15, 0.2) is 42.7 Å². The van der Waals surface area contributed by atoms with Crippen LogP contribution in [0.25, 0.3) is 11.3 Å². The number of hydrogen-bond donors (Lipinski definition) is 0. The second-order valence-electron chi connectivity index (χ2n) is 6.85. The van der Waals surface area contributed by atoms with Crippen LogP contribution in [0.3, 0.4) is 0 Å². The van der Waals surface area contributed by atoms with Crippen molar-refractivity contribution in [2.75, 3.05) is 44.3 Å². The molecule has 0 N–H and O–H groups in total. The first-order valence-electron chi connectivity index (χ1n) is 9.30. The van der Waals surface area contributed by atoms with Crippen molar-refractivity contribution in [3.8, 4) is 11.3 Å². The molecule has 6 nitrogen and oxygen atoms in total. The van der Waals surface area contributed by atoms with Gasteiger partial charge in [0, 0.05) is 37.8 Å². The van der Waals surface area contributed by atoms with Crippen LogP contribution in [-0.4, -0.2) is 60.2 Å². The van der Waals surface area contributed by atoms with E-state index in [-0.39, 0.29) is 11.8 Å². The van der Waals surface area contributed by atoms with Crippen molar-refractivity contribution in [2.45, 2.75) is 12.8 Å². The number of piperidine rings is 1. The maximum Gasteiger partial charge on any atom is 0.227 e. The van der Waals surface area contributed by atoms with Crippen LogP contribution in [0.2, 0.25) is 0 Å². The Morgan fingerprint density at radius 3 is 2.69 bits per heavy atom. The Kier molecular flexibility index (Phi) is 5.11. The third-order valence-electron chi connectivity index (χ3n) is 5.14. The quantitative estimate of drug-likeness (QED) is 0.848. The predicted octanol–water partition coefficient (Wildman–Crippen LogP) is 2.22. The largest absolute Gasteiger partial charge is 0.378 e. The summed E-state index contributed by atoms with van der Waals surface area (Å²) >= 11 is 0. The van der Waals surface area contributed by atoms with Gasteiger partial charge in [-0.2, -0.15) is 0 Å². The van der Waals surface area contributed by atoms with Gasteiger partial charge in [-0.15, -0.1) is 0 Å². The Bertz CT molecular complexity index is 746. The number of amides is 1. The molecule has 26 heavy (non-hydrogen) atoms. The molecule has 2 aliphatic rings. The van der Waals surface area contributed by atoms with Gasteiger partial charge in [0.1, 0.15) is 12.1 Å². The third kappa shape index (κ3) is 3.70. The zero-order chi connectivity index (χ0) is 17.8. The average Bonchev–Trinajstić information content (AvgIpc) is 2.75. The molecule has 2 saturated heterocycles. The Labute approximate surface area is 153 Å². The van der Waals surface area contributed by atoms with E-state index < -0.39 is 0 Å². The number of rotatable bonds is 3. The molecule has 1 unspecified atom stereocenters. The number of anilines is 1. The van der Waals surface area contributed by atoms with Crippen molar-refractivity contribution in [3.05, 3.63) is 42.7 Å². The van der Waals surface area contributed by atoms with E-state index in [1.54, 1.807) is 6.33 Å². The van der Waals surface area contributed by atoms with Gasteiger partial charge >= 0.3 is 0 Å². The molecule has 0 aliphatic carbocycles. The number of ether oxygens (including phenoxy) is 1. The first kappa shape index (κ1) is 17.0. The minimum absolute atomic E-state index is 0.0389. The molecule has 1 amide bonds. The summed E-state index contributed by atoms with van der Waals surface area (Å²) in [5, 5.41) is 0. The number of nitrogens with zero attached hydrogens (tertiary/aromatic N) is 4. The zero-order valence-electron chi connectivity index (χ0n) is 14.9. The molecule has 4 rings (SSSR count). The summed E-state index contributed by atoms with van der Waals surface area (Å²) in [6.45, 7) is 4.37. The van der Waals surface area contributed by atoms with Crippen molar-refractivity contribution in [3.63, 3.8) is 0 Å². The fourth-order valence-electron chi connectivity index (χ4n) is 3.72. The molecule has 2 fully saturated rings. The Balaban J connectivity index is 1.48. The number of benzene rings is 1. The summed E-state index contributed by atoms with van der Waals surface area (Å²) in [4.78, 5) is 25.9. The summed E-state index contributed by atoms with van der Waals surface area (Å²) in [6, 6.07) is 12.1. The summed E-state index contributed by atoms with van der Waals surface area (Å²) in [6.07, 6.45) is 3.57. The van der Waals surface area contributed by atoms with Crippen LogP contribution in [0.4, 0.5) is 5.82 Å². The fourth-order valence-corrected chi connectivity index (χ4v) is 3.72. The Morgan fingerprint density at radius 2 is 1.88 bits per heavy atom. The lowest BCUT2D eigenvalue weighted by Crippen LogP contribution is -2.48.